The van der Waals surface area contributed by atoms with Crippen LogP contribution >= 0.6 is 0 Å². The smallest absolute Gasteiger partial charge is 0.297 e. The molecule has 1 aromatic heterocycles. The summed E-state index contributed by atoms with van der Waals surface area (Å²) in [5, 5.41) is 0.608. The number of rotatable bonds is 5. The van der Waals surface area contributed by atoms with Crippen molar-refractivity contribution in [1.29, 1.82) is 0 Å². The fraction of sp³-hybridized carbons (Fsp3) is 0.154. The van der Waals surface area contributed by atoms with E-state index < -0.39 is 26.2 Å². The average molecular weight is 510 g/mol. The van der Waals surface area contributed by atoms with Crippen molar-refractivity contribution in [2.24, 2.45) is 0 Å². The van der Waals surface area contributed by atoms with Crippen LogP contribution < -0.4 is 4.74 Å². The summed E-state index contributed by atoms with van der Waals surface area (Å²) >= 11 is 0. The number of nitrogens with zero attached hydrogens (tertiary/aromatic N) is 1. The zero-order valence-corrected chi connectivity index (χ0v) is 20.9. The standard InChI is InChI=1S/C26H23NO6S2/c1-17-4-9-20(10-5-17)34(28,29)27-15-14-21-23(27)11-7-19-8-12-24(33-26(19)21)22-16-18(2)6-13-25(22)35(30,31)32-3/h4-16,24H,1-3H3/t24-/m1/s1. The van der Waals surface area contributed by atoms with Crippen LogP contribution in [-0.2, 0) is 24.3 Å². The molecule has 9 heteroatoms. The maximum absolute atomic E-state index is 13.3. The van der Waals surface area contributed by atoms with E-state index in [9.17, 15) is 16.8 Å². The van der Waals surface area contributed by atoms with Crippen molar-refractivity contribution < 1.29 is 25.8 Å². The van der Waals surface area contributed by atoms with Crippen molar-refractivity contribution in [3.63, 3.8) is 0 Å². The molecule has 0 saturated carbocycles. The van der Waals surface area contributed by atoms with E-state index in [0.717, 1.165) is 23.8 Å². The van der Waals surface area contributed by atoms with E-state index in [-0.39, 0.29) is 9.79 Å². The Morgan fingerprint density at radius 3 is 2.31 bits per heavy atom. The molecule has 35 heavy (non-hydrogen) atoms. The fourth-order valence-electron chi connectivity index (χ4n) is 4.21. The number of ether oxygens (including phenoxy) is 1. The minimum absolute atomic E-state index is 0.0235. The molecule has 0 bridgehead atoms. The van der Waals surface area contributed by atoms with Crippen LogP contribution in [0.2, 0.25) is 0 Å². The zero-order chi connectivity index (χ0) is 25.0. The first-order chi connectivity index (χ1) is 16.6. The number of aromatic nitrogens is 1. The summed E-state index contributed by atoms with van der Waals surface area (Å²) in [5.74, 6) is 0.482. The molecule has 4 aromatic rings. The Morgan fingerprint density at radius 2 is 1.60 bits per heavy atom. The van der Waals surface area contributed by atoms with Gasteiger partial charge in [0.1, 0.15) is 16.7 Å². The number of fused-ring (bicyclic) bond motifs is 3. The third-order valence-electron chi connectivity index (χ3n) is 6.05. The van der Waals surface area contributed by atoms with Crippen LogP contribution in [0, 0.1) is 13.8 Å². The van der Waals surface area contributed by atoms with E-state index in [1.807, 2.05) is 19.9 Å². The molecule has 0 N–H and O–H groups in total. The topological polar surface area (TPSA) is 91.7 Å². The second kappa shape index (κ2) is 8.37. The van der Waals surface area contributed by atoms with Gasteiger partial charge in [-0.1, -0.05) is 41.5 Å². The Balaban J connectivity index is 1.61. The van der Waals surface area contributed by atoms with E-state index in [1.165, 1.54) is 16.2 Å². The Hall–Kier alpha value is -3.40. The van der Waals surface area contributed by atoms with Crippen molar-refractivity contribution in [3.05, 3.63) is 95.2 Å². The lowest BCUT2D eigenvalue weighted by Gasteiger charge is -2.24. The second-order valence-corrected chi connectivity index (χ2v) is 11.9. The highest BCUT2D eigenvalue weighted by atomic mass is 32.2. The minimum atomic E-state index is -3.96. The molecule has 1 aliphatic heterocycles. The monoisotopic (exact) mass is 509 g/mol. The van der Waals surface area contributed by atoms with Crippen LogP contribution in [0.3, 0.4) is 0 Å². The quantitative estimate of drug-likeness (QED) is 0.353. The van der Waals surface area contributed by atoms with Gasteiger partial charge in [0, 0.05) is 22.7 Å². The Kier molecular flexibility index (Phi) is 5.58. The Labute approximate surface area is 204 Å². The van der Waals surface area contributed by atoms with Gasteiger partial charge in [-0.15, -0.1) is 0 Å². The third-order valence-corrected chi connectivity index (χ3v) is 9.10. The minimum Gasteiger partial charge on any atom is -0.480 e. The maximum Gasteiger partial charge on any atom is 0.297 e. The van der Waals surface area contributed by atoms with Crippen LogP contribution in [0.1, 0.15) is 28.4 Å². The summed E-state index contributed by atoms with van der Waals surface area (Å²) in [6.45, 7) is 3.76. The highest BCUT2D eigenvalue weighted by Crippen LogP contribution is 2.41. The van der Waals surface area contributed by atoms with Gasteiger partial charge in [0.15, 0.2) is 0 Å². The van der Waals surface area contributed by atoms with Crippen LogP contribution in [0.15, 0.2) is 82.7 Å². The first-order valence-corrected chi connectivity index (χ1v) is 13.7. The van der Waals surface area contributed by atoms with Gasteiger partial charge in [-0.3, -0.25) is 4.18 Å². The summed E-state index contributed by atoms with van der Waals surface area (Å²) in [6.07, 6.45) is 4.42. The normalized spacial score (nSPS) is 15.7. The Morgan fingerprint density at radius 1 is 0.886 bits per heavy atom. The lowest BCUT2D eigenvalue weighted by molar-refractivity contribution is 0.251. The van der Waals surface area contributed by atoms with Gasteiger partial charge in [0.2, 0.25) is 0 Å². The number of hydrogen-bond donors (Lipinski definition) is 0. The van der Waals surface area contributed by atoms with Crippen LogP contribution in [-0.4, -0.2) is 27.9 Å². The molecule has 1 aliphatic rings. The lowest BCUT2D eigenvalue weighted by Crippen LogP contribution is -2.15. The van der Waals surface area contributed by atoms with Crippen molar-refractivity contribution >= 4 is 37.1 Å². The van der Waals surface area contributed by atoms with Crippen molar-refractivity contribution in [3.8, 4) is 5.75 Å². The molecule has 0 aliphatic carbocycles. The molecule has 0 fully saturated rings. The van der Waals surface area contributed by atoms with E-state index in [2.05, 4.69) is 0 Å². The van der Waals surface area contributed by atoms with Crippen LogP contribution in [0.25, 0.3) is 17.0 Å². The van der Waals surface area contributed by atoms with E-state index >= 15 is 0 Å². The fourth-order valence-corrected chi connectivity index (χ4v) is 6.43. The maximum atomic E-state index is 13.3. The van der Waals surface area contributed by atoms with Gasteiger partial charge in [0.05, 0.1) is 17.5 Å². The predicted octanol–water partition coefficient (Wildman–Crippen LogP) is 4.98. The van der Waals surface area contributed by atoms with Gasteiger partial charge in [-0.25, -0.2) is 12.4 Å². The summed E-state index contributed by atoms with van der Waals surface area (Å²) in [6, 6.07) is 16.8. The SMILES string of the molecule is COS(=O)(=O)c1ccc(C)cc1[C@H]1C=Cc2ccc3c(ccn3S(=O)(=O)c3ccc(C)cc3)c2O1. The summed E-state index contributed by atoms with van der Waals surface area (Å²) in [4.78, 5) is 0.210. The molecule has 0 amide bonds. The van der Waals surface area contributed by atoms with Crippen molar-refractivity contribution in [2.75, 3.05) is 7.11 Å². The van der Waals surface area contributed by atoms with Crippen LogP contribution in [0.5, 0.6) is 5.75 Å². The molecule has 0 spiro atoms. The molecule has 180 valence electrons. The van der Waals surface area contributed by atoms with Crippen molar-refractivity contribution in [1.82, 2.24) is 3.97 Å². The third kappa shape index (κ3) is 3.95. The zero-order valence-electron chi connectivity index (χ0n) is 19.3. The van der Waals surface area contributed by atoms with Gasteiger partial charge in [-0.05, 0) is 56.3 Å². The molecular weight excluding hydrogens is 486 g/mol. The molecule has 0 unspecified atom stereocenters. The van der Waals surface area contributed by atoms with E-state index in [1.54, 1.807) is 60.7 Å². The van der Waals surface area contributed by atoms with Gasteiger partial charge >= 0.3 is 0 Å². The molecule has 5 rings (SSSR count). The Bertz CT molecular complexity index is 1700. The molecule has 1 atom stereocenters. The molecule has 0 saturated heterocycles. The largest absolute Gasteiger partial charge is 0.480 e. The lowest BCUT2D eigenvalue weighted by atomic mass is 10.0. The molecule has 7 nitrogen and oxygen atoms in total. The van der Waals surface area contributed by atoms with E-state index in [0.29, 0.717) is 22.2 Å². The number of benzene rings is 3. The highest BCUT2D eigenvalue weighted by molar-refractivity contribution is 7.90. The van der Waals surface area contributed by atoms with Crippen LogP contribution in [0.4, 0.5) is 0 Å². The number of hydrogen-bond acceptors (Lipinski definition) is 6. The first-order valence-electron chi connectivity index (χ1n) is 10.8. The molecule has 3 aromatic carbocycles. The molecule has 0 radical (unpaired) electrons. The van der Waals surface area contributed by atoms with Crippen molar-refractivity contribution in [2.45, 2.75) is 29.7 Å². The first kappa shape index (κ1) is 23.3. The van der Waals surface area contributed by atoms with Gasteiger partial charge in [-0.2, -0.15) is 8.42 Å². The second-order valence-electron chi connectivity index (χ2n) is 8.41. The summed E-state index contributed by atoms with van der Waals surface area (Å²) in [7, 11) is -6.66. The van der Waals surface area contributed by atoms with Gasteiger partial charge < -0.3 is 4.74 Å². The number of aryl methyl sites for hydroxylation is 2. The van der Waals surface area contributed by atoms with E-state index in [4.69, 9.17) is 8.92 Å². The highest BCUT2D eigenvalue weighted by Gasteiger charge is 2.28. The average Bonchev–Trinajstić information content (AvgIpc) is 3.29. The predicted molar refractivity (Wildman–Crippen MR) is 133 cm³/mol. The molecular formula is C26H23NO6S2. The summed E-state index contributed by atoms with van der Waals surface area (Å²) < 4.78 is 64.0. The summed E-state index contributed by atoms with van der Waals surface area (Å²) in [5.41, 5.74) is 3.51. The molecule has 2 heterocycles. The van der Waals surface area contributed by atoms with Gasteiger partial charge in [0.25, 0.3) is 20.1 Å².